The lowest BCUT2D eigenvalue weighted by atomic mass is 9.93. The second-order valence-corrected chi connectivity index (χ2v) is 7.44. The summed E-state index contributed by atoms with van der Waals surface area (Å²) in [6.45, 7) is 1.80. The topological polar surface area (TPSA) is 84.5 Å². The van der Waals surface area contributed by atoms with Gasteiger partial charge in [0.05, 0.1) is 5.56 Å². The molecule has 0 fully saturated rings. The average molecular weight is 414 g/mol. The molecular weight excluding hydrogens is 392 g/mol. The van der Waals surface area contributed by atoms with Crippen molar-refractivity contribution in [3.05, 3.63) is 101 Å². The number of hydrogen-bond donors (Lipinski definition) is 2. The van der Waals surface area contributed by atoms with Gasteiger partial charge in [0.1, 0.15) is 6.10 Å². The van der Waals surface area contributed by atoms with Crippen LogP contribution in [0.3, 0.4) is 0 Å². The van der Waals surface area contributed by atoms with Gasteiger partial charge in [0.25, 0.3) is 5.91 Å². The van der Waals surface area contributed by atoms with Crippen LogP contribution in [0, 0.1) is 0 Å². The largest absolute Gasteiger partial charge is 0.454 e. The summed E-state index contributed by atoms with van der Waals surface area (Å²) in [5.41, 5.74) is 4.34. The first-order chi connectivity index (χ1) is 15.0. The maximum Gasteiger partial charge on any atom is 0.339 e. The van der Waals surface area contributed by atoms with Crippen molar-refractivity contribution in [2.75, 3.05) is 5.32 Å². The number of nitrogens with one attached hydrogen (secondary N) is 2. The first-order valence-corrected chi connectivity index (χ1v) is 10.0. The van der Waals surface area contributed by atoms with Gasteiger partial charge >= 0.3 is 5.97 Å². The molecular formula is C25H22N2O4. The van der Waals surface area contributed by atoms with Crippen molar-refractivity contribution in [3.8, 4) is 0 Å². The summed E-state index contributed by atoms with van der Waals surface area (Å²) in [5.74, 6) is -0.725. The van der Waals surface area contributed by atoms with E-state index in [1.54, 1.807) is 30.3 Å². The SMILES string of the molecule is CC(=O)Nc1ccc(CNC(=O)c2ccc3c(c2)CC(c2ccccc2)OC3=O)cc1. The summed E-state index contributed by atoms with van der Waals surface area (Å²) >= 11 is 0. The third-order valence-corrected chi connectivity index (χ3v) is 5.14. The Labute approximate surface area is 180 Å². The fourth-order valence-corrected chi connectivity index (χ4v) is 3.58. The molecule has 0 saturated heterocycles. The van der Waals surface area contributed by atoms with Gasteiger partial charge in [-0.05, 0) is 47.0 Å². The maximum atomic E-state index is 12.7. The molecule has 4 rings (SSSR count). The highest BCUT2D eigenvalue weighted by Crippen LogP contribution is 2.31. The molecule has 0 aliphatic carbocycles. The Morgan fingerprint density at radius 2 is 1.74 bits per heavy atom. The number of esters is 1. The predicted octanol–water partition coefficient (Wildman–Crippen LogP) is 4.03. The minimum absolute atomic E-state index is 0.133. The number of cyclic esters (lactones) is 1. The Morgan fingerprint density at radius 3 is 2.45 bits per heavy atom. The lowest BCUT2D eigenvalue weighted by Gasteiger charge is -2.25. The lowest BCUT2D eigenvalue weighted by molar-refractivity contribution is -0.114. The van der Waals surface area contributed by atoms with Crippen LogP contribution in [-0.2, 0) is 22.5 Å². The second-order valence-electron chi connectivity index (χ2n) is 7.44. The van der Waals surface area contributed by atoms with Crippen molar-refractivity contribution in [3.63, 3.8) is 0 Å². The molecule has 0 saturated carbocycles. The van der Waals surface area contributed by atoms with Crippen LogP contribution in [0.4, 0.5) is 5.69 Å². The van der Waals surface area contributed by atoms with Crippen molar-refractivity contribution in [1.82, 2.24) is 5.32 Å². The van der Waals surface area contributed by atoms with E-state index in [9.17, 15) is 14.4 Å². The van der Waals surface area contributed by atoms with Crippen LogP contribution in [-0.4, -0.2) is 17.8 Å². The van der Waals surface area contributed by atoms with Crippen molar-refractivity contribution in [2.45, 2.75) is 26.0 Å². The molecule has 156 valence electrons. The zero-order chi connectivity index (χ0) is 21.8. The van der Waals surface area contributed by atoms with E-state index in [1.807, 2.05) is 42.5 Å². The molecule has 1 aliphatic rings. The Morgan fingerprint density at radius 1 is 1.00 bits per heavy atom. The molecule has 1 heterocycles. The highest BCUT2D eigenvalue weighted by Gasteiger charge is 2.28. The Balaban J connectivity index is 1.44. The van der Waals surface area contributed by atoms with Crippen LogP contribution < -0.4 is 10.6 Å². The number of rotatable bonds is 5. The summed E-state index contributed by atoms with van der Waals surface area (Å²) in [6, 6.07) is 21.9. The van der Waals surface area contributed by atoms with Gasteiger partial charge in [-0.1, -0.05) is 42.5 Å². The first-order valence-electron chi connectivity index (χ1n) is 10.0. The number of carbonyl (C=O) groups excluding carboxylic acids is 3. The molecule has 0 radical (unpaired) electrons. The van der Waals surface area contributed by atoms with E-state index in [-0.39, 0.29) is 23.9 Å². The summed E-state index contributed by atoms with van der Waals surface area (Å²) in [4.78, 5) is 36.2. The van der Waals surface area contributed by atoms with Crippen molar-refractivity contribution >= 4 is 23.5 Å². The van der Waals surface area contributed by atoms with Gasteiger partial charge in [0, 0.05) is 31.1 Å². The van der Waals surface area contributed by atoms with E-state index in [0.29, 0.717) is 29.8 Å². The van der Waals surface area contributed by atoms with Gasteiger partial charge in [-0.15, -0.1) is 0 Å². The zero-order valence-corrected chi connectivity index (χ0v) is 17.1. The quantitative estimate of drug-likeness (QED) is 0.618. The van der Waals surface area contributed by atoms with Crippen molar-refractivity contribution in [2.24, 2.45) is 0 Å². The fourth-order valence-electron chi connectivity index (χ4n) is 3.58. The molecule has 0 aromatic heterocycles. The monoisotopic (exact) mass is 414 g/mol. The third kappa shape index (κ3) is 4.80. The summed E-state index contributed by atoms with van der Waals surface area (Å²) in [6.07, 6.45) is 0.165. The van der Waals surface area contributed by atoms with E-state index in [1.165, 1.54) is 6.92 Å². The number of hydrogen-bond acceptors (Lipinski definition) is 4. The highest BCUT2D eigenvalue weighted by atomic mass is 16.5. The smallest absolute Gasteiger partial charge is 0.339 e. The molecule has 0 bridgehead atoms. The van der Waals surface area contributed by atoms with Crippen LogP contribution >= 0.6 is 0 Å². The molecule has 1 unspecified atom stereocenters. The van der Waals surface area contributed by atoms with E-state index in [0.717, 1.165) is 16.7 Å². The number of ether oxygens (including phenoxy) is 1. The Hall–Kier alpha value is -3.93. The second kappa shape index (κ2) is 8.83. The molecule has 2 amide bonds. The molecule has 1 atom stereocenters. The van der Waals surface area contributed by atoms with Gasteiger partial charge in [-0.2, -0.15) is 0 Å². The molecule has 6 heteroatoms. The summed E-state index contributed by atoms with van der Waals surface area (Å²) in [7, 11) is 0. The molecule has 1 aliphatic heterocycles. The van der Waals surface area contributed by atoms with Crippen LogP contribution in [0.1, 0.15) is 50.4 Å². The number of fused-ring (bicyclic) bond motifs is 1. The number of carbonyl (C=O) groups is 3. The lowest BCUT2D eigenvalue weighted by Crippen LogP contribution is -2.25. The van der Waals surface area contributed by atoms with Crippen molar-refractivity contribution in [1.29, 1.82) is 0 Å². The summed E-state index contributed by atoms with van der Waals surface area (Å²) < 4.78 is 5.57. The van der Waals surface area contributed by atoms with Crippen LogP contribution in [0.25, 0.3) is 0 Å². The van der Waals surface area contributed by atoms with Gasteiger partial charge in [0.15, 0.2) is 0 Å². The van der Waals surface area contributed by atoms with Crippen molar-refractivity contribution < 1.29 is 19.1 Å². The first kappa shape index (κ1) is 20.3. The number of benzene rings is 3. The molecule has 6 nitrogen and oxygen atoms in total. The summed E-state index contributed by atoms with van der Waals surface area (Å²) in [5, 5.41) is 5.60. The highest BCUT2D eigenvalue weighted by molar-refractivity contribution is 5.97. The van der Waals surface area contributed by atoms with Gasteiger partial charge in [-0.25, -0.2) is 4.79 Å². The van der Waals surface area contributed by atoms with Gasteiger partial charge < -0.3 is 15.4 Å². The fraction of sp³-hybridized carbons (Fsp3) is 0.160. The van der Waals surface area contributed by atoms with Crippen LogP contribution in [0.5, 0.6) is 0 Å². The third-order valence-electron chi connectivity index (χ3n) is 5.14. The van der Waals surface area contributed by atoms with E-state index in [2.05, 4.69) is 10.6 Å². The van der Waals surface area contributed by atoms with Crippen LogP contribution in [0.2, 0.25) is 0 Å². The Kier molecular flexibility index (Phi) is 5.80. The molecule has 31 heavy (non-hydrogen) atoms. The number of amides is 2. The molecule has 2 N–H and O–H groups in total. The van der Waals surface area contributed by atoms with Gasteiger partial charge in [0.2, 0.25) is 5.91 Å². The van der Waals surface area contributed by atoms with Crippen LogP contribution in [0.15, 0.2) is 72.8 Å². The Bertz CT molecular complexity index is 1120. The normalized spacial score (nSPS) is 14.9. The van der Waals surface area contributed by atoms with E-state index in [4.69, 9.17) is 4.74 Å². The van der Waals surface area contributed by atoms with E-state index < -0.39 is 0 Å². The predicted molar refractivity (Wildman–Crippen MR) is 117 cm³/mol. The van der Waals surface area contributed by atoms with E-state index >= 15 is 0 Å². The zero-order valence-electron chi connectivity index (χ0n) is 17.1. The standard InChI is InChI=1S/C25H22N2O4/c1-16(28)27-21-10-7-17(8-11-21)15-26-24(29)19-9-12-22-20(13-19)14-23(31-25(22)30)18-5-3-2-4-6-18/h2-13,23H,14-15H2,1H3,(H,26,29)(H,27,28). The maximum absolute atomic E-state index is 12.7. The van der Waals surface area contributed by atoms with Gasteiger partial charge in [-0.3, -0.25) is 9.59 Å². The minimum Gasteiger partial charge on any atom is -0.454 e. The molecule has 3 aromatic rings. The average Bonchev–Trinajstić information content (AvgIpc) is 2.78. The molecule has 3 aromatic carbocycles. The minimum atomic E-state index is -0.374. The number of anilines is 1. The molecule has 0 spiro atoms.